The molecule has 1 aromatic carbocycles. The second-order valence-electron chi connectivity index (χ2n) is 7.53. The Kier molecular flexibility index (Phi) is 4.34. The molecule has 0 saturated heterocycles. The van der Waals surface area contributed by atoms with Crippen LogP contribution in [0.2, 0.25) is 0 Å². The third-order valence-corrected chi connectivity index (χ3v) is 5.17. The molecule has 1 aliphatic heterocycles. The molecule has 0 radical (unpaired) electrons. The molecule has 1 aliphatic carbocycles. The van der Waals surface area contributed by atoms with Crippen LogP contribution in [0, 0.1) is 11.8 Å². The molecule has 0 bridgehead atoms. The second-order valence-corrected chi connectivity index (χ2v) is 7.53. The molecule has 26 heavy (non-hydrogen) atoms. The van der Waals surface area contributed by atoms with Gasteiger partial charge in [-0.3, -0.25) is 9.48 Å². The molecule has 2 aliphatic rings. The van der Waals surface area contributed by atoms with Crippen LogP contribution in [0.1, 0.15) is 43.4 Å². The molecule has 2 heterocycles. The maximum atomic E-state index is 12.8. The number of benzene rings is 1. The minimum atomic E-state index is -0.0477. The van der Waals surface area contributed by atoms with Gasteiger partial charge >= 0.3 is 0 Å². The normalized spacial score (nSPS) is 22.2. The molecular formula is C20H25N3O3. The number of rotatable bonds is 5. The van der Waals surface area contributed by atoms with Crippen LogP contribution in [-0.2, 0) is 11.8 Å². The third kappa shape index (κ3) is 3.28. The Balaban J connectivity index is 1.47. The Labute approximate surface area is 153 Å². The van der Waals surface area contributed by atoms with Crippen LogP contribution < -0.4 is 14.8 Å². The molecular weight excluding hydrogens is 330 g/mol. The number of ether oxygens (including phenoxy) is 2. The lowest BCUT2D eigenvalue weighted by molar-refractivity contribution is -0.123. The van der Waals surface area contributed by atoms with E-state index in [0.29, 0.717) is 13.2 Å². The average Bonchev–Trinajstić information content (AvgIpc) is 3.33. The zero-order valence-corrected chi connectivity index (χ0v) is 15.4. The van der Waals surface area contributed by atoms with Gasteiger partial charge in [-0.15, -0.1) is 0 Å². The summed E-state index contributed by atoms with van der Waals surface area (Å²) in [7, 11) is 1.90. The topological polar surface area (TPSA) is 65.4 Å². The van der Waals surface area contributed by atoms with Gasteiger partial charge in [-0.1, -0.05) is 19.9 Å². The fourth-order valence-electron chi connectivity index (χ4n) is 3.63. The lowest BCUT2D eigenvalue weighted by atomic mass is 9.95. The van der Waals surface area contributed by atoms with Crippen molar-refractivity contribution in [2.45, 2.75) is 32.2 Å². The van der Waals surface area contributed by atoms with E-state index >= 15 is 0 Å². The summed E-state index contributed by atoms with van der Waals surface area (Å²) in [5, 5.41) is 7.45. The van der Waals surface area contributed by atoms with Gasteiger partial charge in [0.2, 0.25) is 5.91 Å². The first-order valence-electron chi connectivity index (χ1n) is 9.21. The van der Waals surface area contributed by atoms with E-state index in [1.807, 2.05) is 37.6 Å². The highest BCUT2D eigenvalue weighted by atomic mass is 16.6. The number of aromatic nitrogens is 2. The van der Waals surface area contributed by atoms with Crippen molar-refractivity contribution in [2.75, 3.05) is 13.2 Å². The summed E-state index contributed by atoms with van der Waals surface area (Å²) < 4.78 is 13.1. The molecule has 0 unspecified atom stereocenters. The average molecular weight is 355 g/mol. The van der Waals surface area contributed by atoms with Crippen molar-refractivity contribution in [1.29, 1.82) is 0 Å². The molecule has 1 fully saturated rings. The van der Waals surface area contributed by atoms with Gasteiger partial charge < -0.3 is 14.8 Å². The van der Waals surface area contributed by atoms with Crippen molar-refractivity contribution >= 4 is 5.91 Å². The number of hydrogen-bond acceptors (Lipinski definition) is 4. The van der Waals surface area contributed by atoms with E-state index in [4.69, 9.17) is 9.47 Å². The quantitative estimate of drug-likeness (QED) is 0.896. The molecule has 138 valence electrons. The highest BCUT2D eigenvalue weighted by molar-refractivity contribution is 5.83. The Morgan fingerprint density at radius 2 is 2.04 bits per heavy atom. The minimum absolute atomic E-state index is 0.0395. The minimum Gasteiger partial charge on any atom is -0.486 e. The number of aryl methyl sites for hydroxylation is 1. The number of carbonyl (C=O) groups is 1. The fraction of sp³-hybridized carbons (Fsp3) is 0.500. The molecule has 1 aromatic heterocycles. The zero-order valence-electron chi connectivity index (χ0n) is 15.4. The van der Waals surface area contributed by atoms with Gasteiger partial charge in [0.25, 0.3) is 0 Å². The maximum absolute atomic E-state index is 12.8. The van der Waals surface area contributed by atoms with Crippen molar-refractivity contribution in [1.82, 2.24) is 15.1 Å². The number of nitrogens with zero attached hydrogens (tertiary/aromatic N) is 2. The van der Waals surface area contributed by atoms with Crippen LogP contribution in [0.15, 0.2) is 30.6 Å². The summed E-state index contributed by atoms with van der Waals surface area (Å²) in [6.45, 7) is 5.37. The van der Waals surface area contributed by atoms with Crippen LogP contribution in [0.5, 0.6) is 11.5 Å². The smallest absolute Gasteiger partial charge is 0.224 e. The molecule has 1 N–H and O–H groups in total. The Hall–Kier alpha value is -2.50. The SMILES string of the molecule is CC(C)[C@H](NC(=O)[C@H]1C[C@@H]1c1cnn(C)c1)c1ccc2c(c1)OCCO2. The summed E-state index contributed by atoms with van der Waals surface area (Å²) in [5.74, 6) is 2.25. The zero-order chi connectivity index (χ0) is 18.3. The largest absolute Gasteiger partial charge is 0.486 e. The van der Waals surface area contributed by atoms with Crippen LogP contribution in [-0.4, -0.2) is 28.9 Å². The van der Waals surface area contributed by atoms with Crippen molar-refractivity contribution < 1.29 is 14.3 Å². The first-order valence-corrected chi connectivity index (χ1v) is 9.21. The molecule has 6 nitrogen and oxygen atoms in total. The number of nitrogens with one attached hydrogen (secondary N) is 1. The van der Waals surface area contributed by atoms with E-state index in [0.717, 1.165) is 29.0 Å². The summed E-state index contributed by atoms with van der Waals surface area (Å²) in [5.41, 5.74) is 2.20. The van der Waals surface area contributed by atoms with E-state index in [9.17, 15) is 4.79 Å². The molecule has 2 aromatic rings. The van der Waals surface area contributed by atoms with E-state index in [2.05, 4.69) is 24.3 Å². The summed E-state index contributed by atoms with van der Waals surface area (Å²) in [6.07, 6.45) is 4.75. The highest BCUT2D eigenvalue weighted by Gasteiger charge is 2.45. The van der Waals surface area contributed by atoms with Gasteiger partial charge in [0.15, 0.2) is 11.5 Å². The first kappa shape index (κ1) is 16.9. The molecule has 0 spiro atoms. The fourth-order valence-corrected chi connectivity index (χ4v) is 3.63. The lowest BCUT2D eigenvalue weighted by Crippen LogP contribution is -2.33. The van der Waals surface area contributed by atoms with Gasteiger partial charge in [-0.2, -0.15) is 5.10 Å². The van der Waals surface area contributed by atoms with Crippen LogP contribution >= 0.6 is 0 Å². The first-order chi connectivity index (χ1) is 12.5. The van der Waals surface area contributed by atoms with Crippen LogP contribution in [0.3, 0.4) is 0 Å². The lowest BCUT2D eigenvalue weighted by Gasteiger charge is -2.25. The molecule has 1 amide bonds. The van der Waals surface area contributed by atoms with Crippen LogP contribution in [0.4, 0.5) is 0 Å². The molecule has 1 saturated carbocycles. The van der Waals surface area contributed by atoms with E-state index in [1.54, 1.807) is 4.68 Å². The Morgan fingerprint density at radius 3 is 2.73 bits per heavy atom. The van der Waals surface area contributed by atoms with E-state index in [-0.39, 0.29) is 29.7 Å². The molecule has 4 rings (SSSR count). The Bertz CT molecular complexity index is 814. The summed E-state index contributed by atoms with van der Waals surface area (Å²) in [4.78, 5) is 12.8. The monoisotopic (exact) mass is 355 g/mol. The number of amides is 1. The van der Waals surface area contributed by atoms with Gasteiger partial charge in [-0.05, 0) is 41.5 Å². The number of hydrogen-bond donors (Lipinski definition) is 1. The van der Waals surface area contributed by atoms with E-state index < -0.39 is 0 Å². The summed E-state index contributed by atoms with van der Waals surface area (Å²) >= 11 is 0. The third-order valence-electron chi connectivity index (χ3n) is 5.17. The highest BCUT2D eigenvalue weighted by Crippen LogP contribution is 2.48. The Morgan fingerprint density at radius 1 is 1.27 bits per heavy atom. The standard InChI is InChI=1S/C20H25N3O3/c1-12(2)19(13-4-5-17-18(8-13)26-7-6-25-17)22-20(24)16-9-15(16)14-10-21-23(3)11-14/h4-5,8,10-12,15-16,19H,6-7,9H2,1-3H3,(H,22,24)/t15-,16+,19+/m1/s1. The maximum Gasteiger partial charge on any atom is 0.224 e. The number of fused-ring (bicyclic) bond motifs is 1. The van der Waals surface area contributed by atoms with Crippen molar-refractivity contribution in [2.24, 2.45) is 18.9 Å². The molecule has 3 atom stereocenters. The van der Waals surface area contributed by atoms with Gasteiger partial charge in [0, 0.05) is 19.2 Å². The van der Waals surface area contributed by atoms with Crippen LogP contribution in [0.25, 0.3) is 0 Å². The van der Waals surface area contributed by atoms with Crippen molar-refractivity contribution in [3.8, 4) is 11.5 Å². The van der Waals surface area contributed by atoms with Crippen molar-refractivity contribution in [3.05, 3.63) is 41.7 Å². The predicted octanol–water partition coefficient (Wildman–Crippen LogP) is 2.81. The van der Waals surface area contributed by atoms with Gasteiger partial charge in [-0.25, -0.2) is 0 Å². The van der Waals surface area contributed by atoms with E-state index in [1.165, 1.54) is 0 Å². The predicted molar refractivity (Wildman–Crippen MR) is 97.2 cm³/mol. The number of carbonyl (C=O) groups excluding carboxylic acids is 1. The second kappa shape index (κ2) is 6.67. The van der Waals surface area contributed by atoms with Gasteiger partial charge in [0.1, 0.15) is 13.2 Å². The van der Waals surface area contributed by atoms with Gasteiger partial charge in [0.05, 0.1) is 12.2 Å². The summed E-state index contributed by atoms with van der Waals surface area (Å²) in [6, 6.07) is 5.89. The molecule has 6 heteroatoms. The van der Waals surface area contributed by atoms with Crippen molar-refractivity contribution in [3.63, 3.8) is 0 Å².